The van der Waals surface area contributed by atoms with Crippen LogP contribution in [0.1, 0.15) is 48.9 Å². The van der Waals surface area contributed by atoms with Gasteiger partial charge in [0.25, 0.3) is 11.6 Å². The molecule has 1 aromatic rings. The number of carbonyl (C=O) groups excluding carboxylic acids is 1. The molecule has 0 aromatic heterocycles. The lowest BCUT2D eigenvalue weighted by Gasteiger charge is -2.21. The molecule has 0 radical (unpaired) electrons. The molecule has 2 N–H and O–H groups in total. The van der Waals surface area contributed by atoms with E-state index in [9.17, 15) is 14.9 Å². The van der Waals surface area contributed by atoms with Crippen LogP contribution in [-0.4, -0.2) is 37.1 Å². The predicted octanol–water partition coefficient (Wildman–Crippen LogP) is 3.11. The van der Waals surface area contributed by atoms with Crippen molar-refractivity contribution in [2.75, 3.05) is 25.5 Å². The molecule has 0 bridgehead atoms. The molecule has 0 heterocycles. The van der Waals surface area contributed by atoms with Gasteiger partial charge in [-0.3, -0.25) is 14.9 Å². The van der Waals surface area contributed by atoms with E-state index in [0.717, 1.165) is 19.3 Å². The highest BCUT2D eigenvalue weighted by atomic mass is 16.6. The zero-order chi connectivity index (χ0) is 17.4. The molecule has 7 heteroatoms. The molecule has 1 aliphatic carbocycles. The second-order valence-electron chi connectivity index (χ2n) is 5.98. The Morgan fingerprint density at radius 1 is 1.33 bits per heavy atom. The standard InChI is InChI=1S/C17H25N3O4/c1-18-15-9-8-13(12-16(15)20(22)23)17(21)19-10-5-11-24-14-6-3-2-4-7-14/h8-9,12,14,18H,2-7,10-11H2,1H3,(H,19,21). The molecule has 1 aliphatic rings. The molecule has 1 amide bonds. The number of anilines is 1. The SMILES string of the molecule is CNc1ccc(C(=O)NCCCOC2CCCCC2)cc1[N+](=O)[O-]. The molecule has 0 atom stereocenters. The number of hydrogen-bond donors (Lipinski definition) is 2. The van der Waals surface area contributed by atoms with Crippen LogP contribution in [0.15, 0.2) is 18.2 Å². The summed E-state index contributed by atoms with van der Waals surface area (Å²) in [5.74, 6) is -0.307. The number of rotatable bonds is 8. The Balaban J connectivity index is 1.75. The lowest BCUT2D eigenvalue weighted by Crippen LogP contribution is -2.26. The van der Waals surface area contributed by atoms with Crippen LogP contribution in [0.25, 0.3) is 0 Å². The average Bonchev–Trinajstić information content (AvgIpc) is 2.61. The lowest BCUT2D eigenvalue weighted by atomic mass is 9.98. The van der Waals surface area contributed by atoms with E-state index in [0.29, 0.717) is 24.9 Å². The van der Waals surface area contributed by atoms with Gasteiger partial charge in [-0.15, -0.1) is 0 Å². The highest BCUT2D eigenvalue weighted by Gasteiger charge is 2.17. The van der Waals surface area contributed by atoms with Gasteiger partial charge in [0, 0.05) is 31.8 Å². The zero-order valence-corrected chi connectivity index (χ0v) is 14.0. The van der Waals surface area contributed by atoms with E-state index in [4.69, 9.17) is 4.74 Å². The van der Waals surface area contributed by atoms with Crippen LogP contribution < -0.4 is 10.6 Å². The lowest BCUT2D eigenvalue weighted by molar-refractivity contribution is -0.384. The third-order valence-electron chi connectivity index (χ3n) is 4.24. The molecule has 7 nitrogen and oxygen atoms in total. The highest BCUT2D eigenvalue weighted by Crippen LogP contribution is 2.25. The van der Waals surface area contributed by atoms with E-state index < -0.39 is 4.92 Å². The van der Waals surface area contributed by atoms with Gasteiger partial charge in [-0.1, -0.05) is 19.3 Å². The van der Waals surface area contributed by atoms with Gasteiger partial charge in [0.1, 0.15) is 5.69 Å². The number of nitro benzene ring substituents is 1. The third-order valence-corrected chi connectivity index (χ3v) is 4.24. The van der Waals surface area contributed by atoms with E-state index in [-0.39, 0.29) is 17.2 Å². The molecule has 1 aromatic carbocycles. The van der Waals surface area contributed by atoms with Crippen molar-refractivity contribution in [2.45, 2.75) is 44.6 Å². The second-order valence-corrected chi connectivity index (χ2v) is 5.98. The number of ether oxygens (including phenoxy) is 1. The number of hydrogen-bond acceptors (Lipinski definition) is 5. The molecule has 2 rings (SSSR count). The van der Waals surface area contributed by atoms with Crippen molar-refractivity contribution in [1.82, 2.24) is 5.32 Å². The maximum Gasteiger partial charge on any atom is 0.293 e. The molecule has 1 fully saturated rings. The Labute approximate surface area is 141 Å². The van der Waals surface area contributed by atoms with Crippen LogP contribution >= 0.6 is 0 Å². The van der Waals surface area contributed by atoms with Gasteiger partial charge in [0.2, 0.25) is 0 Å². The van der Waals surface area contributed by atoms with E-state index in [1.54, 1.807) is 19.2 Å². The summed E-state index contributed by atoms with van der Waals surface area (Å²) in [5, 5.41) is 16.5. The highest BCUT2D eigenvalue weighted by molar-refractivity contribution is 5.95. The van der Waals surface area contributed by atoms with Gasteiger partial charge in [-0.2, -0.15) is 0 Å². The maximum atomic E-state index is 12.1. The maximum absolute atomic E-state index is 12.1. The van der Waals surface area contributed by atoms with Crippen LogP contribution in [0.2, 0.25) is 0 Å². The molecule has 24 heavy (non-hydrogen) atoms. The van der Waals surface area contributed by atoms with Crippen molar-refractivity contribution >= 4 is 17.3 Å². The van der Waals surface area contributed by atoms with Crippen molar-refractivity contribution in [3.8, 4) is 0 Å². The first-order chi connectivity index (χ1) is 11.6. The average molecular weight is 335 g/mol. The molecule has 0 spiro atoms. The molecule has 0 aliphatic heterocycles. The summed E-state index contributed by atoms with van der Waals surface area (Å²) in [7, 11) is 1.61. The third kappa shape index (κ3) is 5.19. The first-order valence-corrected chi connectivity index (χ1v) is 8.48. The number of amides is 1. The van der Waals surface area contributed by atoms with Gasteiger partial charge in [0.05, 0.1) is 11.0 Å². The summed E-state index contributed by atoms with van der Waals surface area (Å²) in [6.07, 6.45) is 7.15. The Morgan fingerprint density at radius 2 is 2.08 bits per heavy atom. The number of benzene rings is 1. The number of nitrogens with zero attached hydrogens (tertiary/aromatic N) is 1. The van der Waals surface area contributed by atoms with Crippen molar-refractivity contribution in [2.24, 2.45) is 0 Å². The summed E-state index contributed by atoms with van der Waals surface area (Å²) < 4.78 is 5.80. The summed E-state index contributed by atoms with van der Waals surface area (Å²) >= 11 is 0. The van der Waals surface area contributed by atoms with Crippen LogP contribution in [0.5, 0.6) is 0 Å². The second kappa shape index (κ2) is 9.22. The molecule has 0 unspecified atom stereocenters. The monoisotopic (exact) mass is 335 g/mol. The van der Waals surface area contributed by atoms with Gasteiger partial charge >= 0.3 is 0 Å². The molecule has 132 valence electrons. The fraction of sp³-hybridized carbons (Fsp3) is 0.588. The minimum Gasteiger partial charge on any atom is -0.383 e. The minimum atomic E-state index is -0.499. The fourth-order valence-electron chi connectivity index (χ4n) is 2.89. The smallest absolute Gasteiger partial charge is 0.293 e. The fourth-order valence-corrected chi connectivity index (χ4v) is 2.89. The first-order valence-electron chi connectivity index (χ1n) is 8.48. The van der Waals surface area contributed by atoms with E-state index >= 15 is 0 Å². The van der Waals surface area contributed by atoms with Gasteiger partial charge < -0.3 is 15.4 Å². The van der Waals surface area contributed by atoms with Crippen molar-refractivity contribution in [3.63, 3.8) is 0 Å². The Morgan fingerprint density at radius 3 is 2.75 bits per heavy atom. The topological polar surface area (TPSA) is 93.5 Å². The minimum absolute atomic E-state index is 0.106. The van der Waals surface area contributed by atoms with Crippen molar-refractivity contribution in [1.29, 1.82) is 0 Å². The van der Waals surface area contributed by atoms with Crippen LogP contribution in [-0.2, 0) is 4.74 Å². The van der Waals surface area contributed by atoms with Crippen molar-refractivity contribution < 1.29 is 14.5 Å². The largest absolute Gasteiger partial charge is 0.383 e. The van der Waals surface area contributed by atoms with Gasteiger partial charge in [-0.25, -0.2) is 0 Å². The van der Waals surface area contributed by atoms with E-state index in [1.165, 1.54) is 25.3 Å². The van der Waals surface area contributed by atoms with Crippen LogP contribution in [0.3, 0.4) is 0 Å². The molecule has 1 saturated carbocycles. The predicted molar refractivity (Wildman–Crippen MR) is 92.4 cm³/mol. The summed E-state index contributed by atoms with van der Waals surface area (Å²) in [5.41, 5.74) is 0.567. The molecular formula is C17H25N3O4. The summed E-state index contributed by atoms with van der Waals surface area (Å²) in [6, 6.07) is 4.41. The summed E-state index contributed by atoms with van der Waals surface area (Å²) in [4.78, 5) is 22.6. The van der Waals surface area contributed by atoms with Gasteiger partial charge in [-0.05, 0) is 31.4 Å². The number of nitrogens with one attached hydrogen (secondary N) is 2. The zero-order valence-electron chi connectivity index (χ0n) is 14.0. The number of nitro groups is 1. The first kappa shape index (κ1) is 18.2. The Kier molecular flexibility index (Phi) is 6.99. The van der Waals surface area contributed by atoms with Gasteiger partial charge in [0.15, 0.2) is 0 Å². The summed E-state index contributed by atoms with van der Waals surface area (Å²) in [6.45, 7) is 1.12. The van der Waals surface area contributed by atoms with Crippen molar-refractivity contribution in [3.05, 3.63) is 33.9 Å². The number of carbonyl (C=O) groups is 1. The molecular weight excluding hydrogens is 310 g/mol. The van der Waals surface area contributed by atoms with E-state index in [1.807, 2.05) is 0 Å². The normalized spacial score (nSPS) is 15.0. The van der Waals surface area contributed by atoms with E-state index in [2.05, 4.69) is 10.6 Å². The van der Waals surface area contributed by atoms with Crippen LogP contribution in [0, 0.1) is 10.1 Å². The quantitative estimate of drug-likeness (QED) is 0.432. The Hall–Kier alpha value is -2.15. The van der Waals surface area contributed by atoms with Crippen LogP contribution in [0.4, 0.5) is 11.4 Å². The molecule has 0 saturated heterocycles. The Bertz CT molecular complexity index is 571.